The molecule has 2 nitrogen and oxygen atoms in total. The number of aryl methyl sites for hydroxylation is 1. The van der Waals surface area contributed by atoms with Crippen LogP contribution < -0.4 is 5.32 Å². The van der Waals surface area contributed by atoms with Gasteiger partial charge in [0, 0.05) is 22.3 Å². The van der Waals surface area contributed by atoms with E-state index in [2.05, 4.69) is 5.32 Å². The molecular formula is C14H13Cl2NO. The van der Waals surface area contributed by atoms with Gasteiger partial charge in [0.05, 0.1) is 0 Å². The fourth-order valence-electron chi connectivity index (χ4n) is 1.68. The van der Waals surface area contributed by atoms with Crippen molar-refractivity contribution in [3.63, 3.8) is 0 Å². The first-order valence-electron chi connectivity index (χ1n) is 5.53. The molecule has 2 aromatic rings. The fraction of sp³-hybridized carbons (Fsp3) is 0.143. The third-order valence-electron chi connectivity index (χ3n) is 2.62. The molecule has 4 heteroatoms. The van der Waals surface area contributed by atoms with Gasteiger partial charge >= 0.3 is 0 Å². The van der Waals surface area contributed by atoms with Crippen LogP contribution in [-0.2, 0) is 6.54 Å². The standard InChI is InChI=1S/C14H13Cl2NO/c1-9-4-13(2-3-14(9)18)17-8-10-5-11(15)7-12(16)6-10/h2-7,17-18H,8H2,1H3. The van der Waals surface area contributed by atoms with Crippen LogP contribution in [0.1, 0.15) is 11.1 Å². The molecule has 0 saturated heterocycles. The van der Waals surface area contributed by atoms with E-state index in [1.54, 1.807) is 12.1 Å². The second-order valence-electron chi connectivity index (χ2n) is 4.13. The quantitative estimate of drug-likeness (QED) is 0.805. The molecule has 0 fully saturated rings. The summed E-state index contributed by atoms with van der Waals surface area (Å²) in [4.78, 5) is 0. The topological polar surface area (TPSA) is 32.3 Å². The molecule has 0 amide bonds. The zero-order valence-corrected chi connectivity index (χ0v) is 11.4. The third-order valence-corrected chi connectivity index (χ3v) is 3.05. The van der Waals surface area contributed by atoms with Gasteiger partial charge in [0.1, 0.15) is 5.75 Å². The molecule has 94 valence electrons. The van der Waals surface area contributed by atoms with E-state index in [0.29, 0.717) is 22.3 Å². The van der Waals surface area contributed by atoms with Gasteiger partial charge in [-0.15, -0.1) is 0 Å². The van der Waals surface area contributed by atoms with Crippen molar-refractivity contribution in [2.24, 2.45) is 0 Å². The van der Waals surface area contributed by atoms with E-state index in [1.807, 2.05) is 31.2 Å². The number of hydrogen-bond acceptors (Lipinski definition) is 2. The summed E-state index contributed by atoms with van der Waals surface area (Å²) in [6.45, 7) is 2.49. The molecule has 0 unspecified atom stereocenters. The average Bonchev–Trinajstić information content (AvgIpc) is 2.29. The van der Waals surface area contributed by atoms with E-state index in [4.69, 9.17) is 23.2 Å². The second kappa shape index (κ2) is 5.51. The number of halogens is 2. The van der Waals surface area contributed by atoms with Gasteiger partial charge in [0.15, 0.2) is 0 Å². The summed E-state index contributed by atoms with van der Waals surface area (Å²) in [5.41, 5.74) is 2.80. The average molecular weight is 282 g/mol. The molecule has 0 saturated carbocycles. The minimum atomic E-state index is 0.298. The molecule has 2 N–H and O–H groups in total. The molecule has 18 heavy (non-hydrogen) atoms. The Morgan fingerprint density at radius 3 is 2.33 bits per heavy atom. The van der Waals surface area contributed by atoms with Crippen molar-refractivity contribution in [1.29, 1.82) is 0 Å². The third kappa shape index (κ3) is 3.31. The van der Waals surface area contributed by atoms with Crippen LogP contribution in [0.25, 0.3) is 0 Å². The highest BCUT2D eigenvalue weighted by Gasteiger charge is 2.00. The maximum Gasteiger partial charge on any atom is 0.118 e. The summed E-state index contributed by atoms with van der Waals surface area (Å²) in [5, 5.41) is 13.9. The Hall–Kier alpha value is -1.38. The Kier molecular flexibility index (Phi) is 4.00. The molecule has 0 radical (unpaired) electrons. The largest absolute Gasteiger partial charge is 0.508 e. The smallest absolute Gasteiger partial charge is 0.118 e. The fourth-order valence-corrected chi connectivity index (χ4v) is 2.25. The lowest BCUT2D eigenvalue weighted by molar-refractivity contribution is 0.471. The predicted octanol–water partition coefficient (Wildman–Crippen LogP) is 4.62. The van der Waals surface area contributed by atoms with Crippen LogP contribution in [0.4, 0.5) is 5.69 Å². The summed E-state index contributed by atoms with van der Waals surface area (Å²) in [6.07, 6.45) is 0. The Bertz CT molecular complexity index is 549. The van der Waals surface area contributed by atoms with Gasteiger partial charge in [-0.1, -0.05) is 23.2 Å². The van der Waals surface area contributed by atoms with Gasteiger partial charge in [-0.25, -0.2) is 0 Å². The van der Waals surface area contributed by atoms with Crippen molar-refractivity contribution in [2.45, 2.75) is 13.5 Å². The lowest BCUT2D eigenvalue weighted by Crippen LogP contribution is -1.99. The first-order valence-corrected chi connectivity index (χ1v) is 6.28. The van der Waals surface area contributed by atoms with Gasteiger partial charge in [0.2, 0.25) is 0 Å². The summed E-state index contributed by atoms with van der Waals surface area (Å²) in [7, 11) is 0. The number of aromatic hydroxyl groups is 1. The van der Waals surface area contributed by atoms with Crippen molar-refractivity contribution in [3.05, 3.63) is 57.6 Å². The van der Waals surface area contributed by atoms with Crippen molar-refractivity contribution >= 4 is 28.9 Å². The van der Waals surface area contributed by atoms with Crippen LogP contribution in [0, 0.1) is 6.92 Å². The second-order valence-corrected chi connectivity index (χ2v) is 5.01. The number of phenols is 1. The Labute approximate surface area is 116 Å². The van der Waals surface area contributed by atoms with E-state index in [9.17, 15) is 5.11 Å². The molecule has 0 aliphatic rings. The van der Waals surface area contributed by atoms with Gasteiger partial charge in [0.25, 0.3) is 0 Å². The predicted molar refractivity (Wildman–Crippen MR) is 76.6 cm³/mol. The number of hydrogen-bond donors (Lipinski definition) is 2. The Morgan fingerprint density at radius 2 is 1.72 bits per heavy atom. The maximum atomic E-state index is 9.44. The van der Waals surface area contributed by atoms with Crippen LogP contribution in [0.5, 0.6) is 5.75 Å². The van der Waals surface area contributed by atoms with Crippen LogP contribution in [0.2, 0.25) is 10.0 Å². The SMILES string of the molecule is Cc1cc(NCc2cc(Cl)cc(Cl)c2)ccc1O. The van der Waals surface area contributed by atoms with E-state index in [-0.39, 0.29) is 0 Å². The van der Waals surface area contributed by atoms with Crippen molar-refractivity contribution < 1.29 is 5.11 Å². The van der Waals surface area contributed by atoms with E-state index in [0.717, 1.165) is 16.8 Å². The first-order chi connectivity index (χ1) is 8.54. The molecule has 0 heterocycles. The van der Waals surface area contributed by atoms with Crippen LogP contribution in [0.3, 0.4) is 0 Å². The Morgan fingerprint density at radius 1 is 1.06 bits per heavy atom. The number of rotatable bonds is 3. The summed E-state index contributed by atoms with van der Waals surface area (Å²) >= 11 is 11.9. The van der Waals surface area contributed by atoms with E-state index in [1.165, 1.54) is 0 Å². The molecule has 0 bridgehead atoms. The molecule has 0 aliphatic carbocycles. The lowest BCUT2D eigenvalue weighted by Gasteiger charge is -2.09. The molecule has 0 spiro atoms. The number of anilines is 1. The van der Waals surface area contributed by atoms with Gasteiger partial charge in [-0.05, 0) is 54.4 Å². The van der Waals surface area contributed by atoms with Gasteiger partial charge in [-0.2, -0.15) is 0 Å². The van der Waals surface area contributed by atoms with Crippen molar-refractivity contribution in [3.8, 4) is 5.75 Å². The summed E-state index contributed by atoms with van der Waals surface area (Å²) in [5.74, 6) is 0.298. The minimum Gasteiger partial charge on any atom is -0.508 e. The normalized spacial score (nSPS) is 10.4. The highest BCUT2D eigenvalue weighted by Crippen LogP contribution is 2.22. The molecular weight excluding hydrogens is 269 g/mol. The lowest BCUT2D eigenvalue weighted by atomic mass is 10.2. The summed E-state index contributed by atoms with van der Waals surface area (Å²) in [6, 6.07) is 10.8. The molecule has 0 aliphatic heterocycles. The molecule has 0 atom stereocenters. The highest BCUT2D eigenvalue weighted by atomic mass is 35.5. The zero-order chi connectivity index (χ0) is 13.1. The van der Waals surface area contributed by atoms with Crippen LogP contribution in [-0.4, -0.2) is 5.11 Å². The summed E-state index contributed by atoms with van der Waals surface area (Å²) < 4.78 is 0. The molecule has 2 aromatic carbocycles. The van der Waals surface area contributed by atoms with Crippen LogP contribution in [0.15, 0.2) is 36.4 Å². The van der Waals surface area contributed by atoms with Crippen molar-refractivity contribution in [2.75, 3.05) is 5.32 Å². The zero-order valence-electron chi connectivity index (χ0n) is 9.87. The Balaban J connectivity index is 2.08. The monoisotopic (exact) mass is 281 g/mol. The van der Waals surface area contributed by atoms with Crippen LogP contribution >= 0.6 is 23.2 Å². The van der Waals surface area contributed by atoms with Crippen molar-refractivity contribution in [1.82, 2.24) is 0 Å². The molecule has 2 rings (SSSR count). The highest BCUT2D eigenvalue weighted by molar-refractivity contribution is 6.34. The maximum absolute atomic E-state index is 9.44. The number of benzene rings is 2. The molecule has 0 aromatic heterocycles. The first kappa shape index (κ1) is 13.1. The van der Waals surface area contributed by atoms with E-state index >= 15 is 0 Å². The van der Waals surface area contributed by atoms with E-state index < -0.39 is 0 Å². The van der Waals surface area contributed by atoms with Gasteiger partial charge in [-0.3, -0.25) is 0 Å². The number of phenolic OH excluding ortho intramolecular Hbond substituents is 1. The number of nitrogens with one attached hydrogen (secondary N) is 1. The minimum absolute atomic E-state index is 0.298. The van der Waals surface area contributed by atoms with Gasteiger partial charge < -0.3 is 10.4 Å².